The van der Waals surface area contributed by atoms with E-state index in [2.05, 4.69) is 13.8 Å². The van der Waals surface area contributed by atoms with Gasteiger partial charge in [0.2, 0.25) is 0 Å². The Labute approximate surface area is 96.1 Å². The lowest BCUT2D eigenvalue weighted by Gasteiger charge is -2.19. The average Bonchev–Trinajstić information content (AvgIpc) is 2.20. The number of rotatable bonds is 5. The molecule has 1 aromatic carbocycles. The minimum Gasteiger partial charge on any atom is -0.490 e. The van der Waals surface area contributed by atoms with E-state index >= 15 is 0 Å². The summed E-state index contributed by atoms with van der Waals surface area (Å²) in [5.74, 6) is 0.234. The third-order valence-electron chi connectivity index (χ3n) is 2.57. The number of carboxylic acid groups (broad SMARTS) is 1. The fraction of sp³-hybridized carbons (Fsp3) is 0.462. The van der Waals surface area contributed by atoms with Crippen LogP contribution in [0.5, 0.6) is 5.75 Å². The van der Waals surface area contributed by atoms with E-state index in [4.69, 9.17) is 9.84 Å². The van der Waals surface area contributed by atoms with Crippen LogP contribution < -0.4 is 4.74 Å². The van der Waals surface area contributed by atoms with E-state index in [-0.39, 0.29) is 12.5 Å². The van der Waals surface area contributed by atoms with E-state index in [0.717, 1.165) is 5.56 Å². The van der Waals surface area contributed by atoms with Gasteiger partial charge in [-0.1, -0.05) is 32.0 Å². The van der Waals surface area contributed by atoms with Crippen LogP contribution in [0.2, 0.25) is 0 Å². The highest BCUT2D eigenvalue weighted by Crippen LogP contribution is 2.21. The molecule has 0 aliphatic rings. The van der Waals surface area contributed by atoms with Gasteiger partial charge < -0.3 is 9.84 Å². The Morgan fingerprint density at radius 1 is 1.31 bits per heavy atom. The Morgan fingerprint density at radius 3 is 2.50 bits per heavy atom. The first-order valence-electron chi connectivity index (χ1n) is 5.47. The zero-order chi connectivity index (χ0) is 12.1. The Hall–Kier alpha value is -1.51. The first-order valence-corrected chi connectivity index (χ1v) is 5.47. The van der Waals surface area contributed by atoms with Crippen molar-refractivity contribution in [3.8, 4) is 5.75 Å². The van der Waals surface area contributed by atoms with Crippen LogP contribution in [0.4, 0.5) is 0 Å². The van der Waals surface area contributed by atoms with Crippen molar-refractivity contribution in [1.82, 2.24) is 0 Å². The molecule has 1 aromatic rings. The quantitative estimate of drug-likeness (QED) is 0.833. The summed E-state index contributed by atoms with van der Waals surface area (Å²) in [5, 5.41) is 8.78. The Bertz CT molecular complexity index is 358. The topological polar surface area (TPSA) is 46.5 Å². The van der Waals surface area contributed by atoms with Gasteiger partial charge in [-0.15, -0.1) is 0 Å². The van der Waals surface area contributed by atoms with Gasteiger partial charge in [0.15, 0.2) is 0 Å². The number of para-hydroxylation sites is 1. The van der Waals surface area contributed by atoms with E-state index in [1.54, 1.807) is 6.07 Å². The molecule has 0 aliphatic heterocycles. The smallest absolute Gasteiger partial charge is 0.307 e. The van der Waals surface area contributed by atoms with E-state index in [0.29, 0.717) is 11.7 Å². The van der Waals surface area contributed by atoms with Crippen LogP contribution in [0.3, 0.4) is 0 Å². The molecule has 3 heteroatoms. The number of hydrogen-bond acceptors (Lipinski definition) is 2. The van der Waals surface area contributed by atoms with Crippen molar-refractivity contribution in [2.24, 2.45) is 5.92 Å². The number of aliphatic carboxylic acids is 1. The van der Waals surface area contributed by atoms with Gasteiger partial charge in [0.05, 0.1) is 12.5 Å². The van der Waals surface area contributed by atoms with Crippen molar-refractivity contribution in [2.45, 2.75) is 33.3 Å². The Balaban J connectivity index is 2.82. The highest BCUT2D eigenvalue weighted by Gasteiger charge is 2.12. The first-order chi connectivity index (χ1) is 7.50. The van der Waals surface area contributed by atoms with Crippen LogP contribution in [-0.4, -0.2) is 17.2 Å². The lowest BCUT2D eigenvalue weighted by Crippen LogP contribution is -2.19. The molecule has 0 saturated heterocycles. The number of ether oxygens (including phenoxy) is 1. The molecule has 1 unspecified atom stereocenters. The van der Waals surface area contributed by atoms with Gasteiger partial charge in [-0.25, -0.2) is 0 Å². The van der Waals surface area contributed by atoms with Gasteiger partial charge in [-0.3, -0.25) is 4.79 Å². The lowest BCUT2D eigenvalue weighted by molar-refractivity contribution is -0.136. The monoisotopic (exact) mass is 222 g/mol. The standard InChI is InChI=1S/C13H18O3/c1-9(2)10(3)16-12-7-5-4-6-11(12)8-13(14)15/h4-7,9-10H,8H2,1-3H3,(H,14,15). The molecular formula is C13H18O3. The molecule has 0 aliphatic carbocycles. The van der Waals surface area contributed by atoms with Crippen molar-refractivity contribution >= 4 is 5.97 Å². The number of hydrogen-bond donors (Lipinski definition) is 1. The second-order valence-corrected chi connectivity index (χ2v) is 4.25. The Morgan fingerprint density at radius 2 is 1.94 bits per heavy atom. The summed E-state index contributed by atoms with van der Waals surface area (Å²) in [5.41, 5.74) is 0.725. The maximum Gasteiger partial charge on any atom is 0.307 e. The SMILES string of the molecule is CC(C)C(C)Oc1ccccc1CC(=O)O. The molecule has 0 spiro atoms. The van der Waals surface area contributed by atoms with E-state index in [9.17, 15) is 4.79 Å². The van der Waals surface area contributed by atoms with Crippen molar-refractivity contribution < 1.29 is 14.6 Å². The second kappa shape index (κ2) is 5.54. The summed E-state index contributed by atoms with van der Waals surface area (Å²) in [6.45, 7) is 6.14. The highest BCUT2D eigenvalue weighted by molar-refractivity contribution is 5.71. The summed E-state index contributed by atoms with van der Waals surface area (Å²) in [4.78, 5) is 10.7. The molecule has 3 nitrogen and oxygen atoms in total. The second-order valence-electron chi connectivity index (χ2n) is 4.25. The summed E-state index contributed by atoms with van der Waals surface area (Å²) < 4.78 is 5.74. The molecule has 0 heterocycles. The summed E-state index contributed by atoms with van der Waals surface area (Å²) in [6, 6.07) is 7.28. The zero-order valence-corrected chi connectivity index (χ0v) is 9.93. The Kier molecular flexibility index (Phi) is 4.35. The minimum absolute atomic E-state index is 0.000981. The molecule has 0 radical (unpaired) electrons. The van der Waals surface area contributed by atoms with Crippen LogP contribution in [-0.2, 0) is 11.2 Å². The number of benzene rings is 1. The normalized spacial score (nSPS) is 12.5. The van der Waals surface area contributed by atoms with Gasteiger partial charge >= 0.3 is 5.97 Å². The summed E-state index contributed by atoms with van der Waals surface area (Å²) >= 11 is 0. The fourth-order valence-electron chi connectivity index (χ4n) is 1.26. The fourth-order valence-corrected chi connectivity index (χ4v) is 1.26. The molecule has 1 atom stereocenters. The average molecular weight is 222 g/mol. The van der Waals surface area contributed by atoms with Crippen molar-refractivity contribution in [2.75, 3.05) is 0 Å². The lowest BCUT2D eigenvalue weighted by atomic mass is 10.1. The van der Waals surface area contributed by atoms with Gasteiger partial charge in [0.25, 0.3) is 0 Å². The molecular weight excluding hydrogens is 204 g/mol. The maximum absolute atomic E-state index is 10.7. The van der Waals surface area contributed by atoms with Gasteiger partial charge in [0, 0.05) is 5.56 Å². The molecule has 0 fully saturated rings. The molecule has 16 heavy (non-hydrogen) atoms. The van der Waals surface area contributed by atoms with Crippen LogP contribution in [0.25, 0.3) is 0 Å². The molecule has 1 rings (SSSR count). The zero-order valence-electron chi connectivity index (χ0n) is 9.93. The van der Waals surface area contributed by atoms with E-state index < -0.39 is 5.97 Å². The maximum atomic E-state index is 10.7. The van der Waals surface area contributed by atoms with Gasteiger partial charge in [-0.2, -0.15) is 0 Å². The number of carboxylic acids is 1. The van der Waals surface area contributed by atoms with Gasteiger partial charge in [-0.05, 0) is 18.9 Å². The van der Waals surface area contributed by atoms with E-state index in [1.165, 1.54) is 0 Å². The molecule has 1 N–H and O–H groups in total. The minimum atomic E-state index is -0.840. The third-order valence-corrected chi connectivity index (χ3v) is 2.57. The van der Waals surface area contributed by atoms with Crippen LogP contribution in [0, 0.1) is 5.92 Å². The summed E-state index contributed by atoms with van der Waals surface area (Å²) in [6.07, 6.45) is 0.0796. The van der Waals surface area contributed by atoms with Crippen molar-refractivity contribution in [3.63, 3.8) is 0 Å². The third kappa shape index (κ3) is 3.57. The first kappa shape index (κ1) is 12.6. The van der Waals surface area contributed by atoms with Crippen molar-refractivity contribution in [1.29, 1.82) is 0 Å². The predicted octanol–water partition coefficient (Wildman–Crippen LogP) is 2.74. The molecule has 0 saturated carbocycles. The largest absolute Gasteiger partial charge is 0.490 e. The van der Waals surface area contributed by atoms with Crippen LogP contribution in [0.1, 0.15) is 26.3 Å². The van der Waals surface area contributed by atoms with Gasteiger partial charge in [0.1, 0.15) is 5.75 Å². The number of carbonyl (C=O) groups is 1. The van der Waals surface area contributed by atoms with Crippen LogP contribution in [0.15, 0.2) is 24.3 Å². The molecule has 88 valence electrons. The van der Waals surface area contributed by atoms with E-state index in [1.807, 2.05) is 25.1 Å². The highest BCUT2D eigenvalue weighted by atomic mass is 16.5. The molecule has 0 aromatic heterocycles. The van der Waals surface area contributed by atoms with Crippen molar-refractivity contribution in [3.05, 3.63) is 29.8 Å². The summed E-state index contributed by atoms with van der Waals surface area (Å²) in [7, 11) is 0. The van der Waals surface area contributed by atoms with Crippen LogP contribution >= 0.6 is 0 Å². The predicted molar refractivity (Wildman–Crippen MR) is 62.7 cm³/mol. The molecule has 0 bridgehead atoms. The molecule has 0 amide bonds.